The van der Waals surface area contributed by atoms with Gasteiger partial charge in [-0.2, -0.15) is 0 Å². The summed E-state index contributed by atoms with van der Waals surface area (Å²) in [6.07, 6.45) is 5.62. The maximum absolute atomic E-state index is 14.5. The zero-order valence-corrected chi connectivity index (χ0v) is 27.0. The van der Waals surface area contributed by atoms with Gasteiger partial charge >= 0.3 is 6.09 Å². The number of fused-ring (bicyclic) bond motifs is 2. The van der Waals surface area contributed by atoms with E-state index in [-0.39, 0.29) is 47.6 Å². The van der Waals surface area contributed by atoms with Crippen molar-refractivity contribution in [3.05, 3.63) is 48.0 Å². The van der Waals surface area contributed by atoms with Crippen LogP contribution in [0.1, 0.15) is 70.9 Å². The van der Waals surface area contributed by atoms with Crippen molar-refractivity contribution in [1.82, 2.24) is 20.9 Å². The number of amides is 4. The molecule has 2 saturated carbocycles. The molecule has 0 spiro atoms. The van der Waals surface area contributed by atoms with Crippen molar-refractivity contribution in [3.63, 3.8) is 0 Å². The normalized spacial score (nSPS) is 27.5. The Morgan fingerprint density at radius 1 is 1.09 bits per heavy atom. The number of nitrogens with zero attached hydrogens (tertiary/aromatic N) is 1. The molecule has 4 aliphatic rings. The van der Waals surface area contributed by atoms with Crippen LogP contribution in [0.5, 0.6) is 0 Å². The summed E-state index contributed by atoms with van der Waals surface area (Å²) < 4.78 is 5.82. The zero-order chi connectivity index (χ0) is 32.5. The van der Waals surface area contributed by atoms with Crippen molar-refractivity contribution in [2.75, 3.05) is 13.1 Å². The summed E-state index contributed by atoms with van der Waals surface area (Å²) in [5, 5.41) is 8.27. The lowest BCUT2D eigenvalue weighted by Gasteiger charge is -2.35. The fourth-order valence-corrected chi connectivity index (χ4v) is 8.01. The second-order valence-corrected chi connectivity index (χ2v) is 14.0. The molecule has 244 valence electrons. The van der Waals surface area contributed by atoms with E-state index >= 15 is 0 Å². The molecule has 1 heterocycles. The van der Waals surface area contributed by atoms with Gasteiger partial charge in [0.1, 0.15) is 18.2 Å². The van der Waals surface area contributed by atoms with Crippen LogP contribution in [0.4, 0.5) is 4.79 Å². The smallest absolute Gasteiger partial charge is 0.408 e. The zero-order valence-electron chi connectivity index (χ0n) is 27.0. The number of benzene rings is 1. The van der Waals surface area contributed by atoms with E-state index in [4.69, 9.17) is 4.74 Å². The number of carbonyl (C=O) groups excluding carboxylic acids is 5. The third kappa shape index (κ3) is 6.65. The summed E-state index contributed by atoms with van der Waals surface area (Å²) in [7, 11) is 0. The summed E-state index contributed by atoms with van der Waals surface area (Å²) in [6, 6.07) is 5.35. The van der Waals surface area contributed by atoms with Crippen molar-refractivity contribution in [1.29, 1.82) is 0 Å². The standard InChI is InChI=1S/C35H48N4O6/c1-6-11-25(30(40)32(42)36-16-7-2)37-31(41)29-27-24(35(27,4)5)19-39(29)33(43)28(23-17-21-13-8-9-14-22(21)18-23)38-34(44)45-26-15-10-12-20(26)3/h7-9,13-14,20,23-29H,2,6,10-12,15-19H2,1,3-5H3,(H,36,42)(H,37,41)(H,38,44)/t20-,24-,25?,26?,27-,28-,29-/m0/s1. The Balaban J connectivity index is 1.37. The van der Waals surface area contributed by atoms with Gasteiger partial charge in [-0.1, -0.05) is 64.5 Å². The molecule has 1 aromatic rings. The van der Waals surface area contributed by atoms with Gasteiger partial charge in [0.05, 0.1) is 6.04 Å². The number of ketones is 1. The molecule has 5 rings (SSSR count). The van der Waals surface area contributed by atoms with E-state index in [0.717, 1.165) is 30.4 Å². The molecule has 1 saturated heterocycles. The number of ether oxygens (including phenoxy) is 1. The Morgan fingerprint density at radius 2 is 1.78 bits per heavy atom. The lowest BCUT2D eigenvalue weighted by molar-refractivity contribution is -0.144. The van der Waals surface area contributed by atoms with Gasteiger partial charge < -0.3 is 25.6 Å². The molecule has 0 bridgehead atoms. The highest BCUT2D eigenvalue weighted by Gasteiger charge is 2.69. The largest absolute Gasteiger partial charge is 0.446 e. The van der Waals surface area contributed by atoms with Gasteiger partial charge in [-0.25, -0.2) is 4.79 Å². The second kappa shape index (κ2) is 13.3. The van der Waals surface area contributed by atoms with Crippen LogP contribution in [-0.4, -0.2) is 71.8 Å². The number of hydrogen-bond acceptors (Lipinski definition) is 6. The van der Waals surface area contributed by atoms with E-state index in [1.165, 1.54) is 6.08 Å². The van der Waals surface area contributed by atoms with Crippen molar-refractivity contribution in [3.8, 4) is 0 Å². The van der Waals surface area contributed by atoms with Gasteiger partial charge in [-0.3, -0.25) is 19.2 Å². The van der Waals surface area contributed by atoms with Crippen molar-refractivity contribution in [2.45, 2.75) is 96.9 Å². The molecule has 1 aliphatic heterocycles. The average molecular weight is 621 g/mol. The summed E-state index contributed by atoms with van der Waals surface area (Å²) in [4.78, 5) is 68.9. The number of carbonyl (C=O) groups is 5. The maximum Gasteiger partial charge on any atom is 0.408 e. The molecule has 3 N–H and O–H groups in total. The molecule has 10 nitrogen and oxygen atoms in total. The third-order valence-electron chi connectivity index (χ3n) is 10.7. The molecule has 2 unspecified atom stereocenters. The lowest BCUT2D eigenvalue weighted by Crippen LogP contribution is -2.59. The van der Waals surface area contributed by atoms with Gasteiger partial charge in [-0.15, -0.1) is 6.58 Å². The maximum atomic E-state index is 14.5. The van der Waals surface area contributed by atoms with Gasteiger partial charge in [0.25, 0.3) is 5.91 Å². The minimum atomic E-state index is -1.01. The number of piperidine rings is 1. The molecule has 0 radical (unpaired) electrons. The lowest BCUT2D eigenvalue weighted by atomic mass is 9.93. The summed E-state index contributed by atoms with van der Waals surface area (Å²) >= 11 is 0. The first-order valence-corrected chi connectivity index (χ1v) is 16.6. The van der Waals surface area contributed by atoms with Gasteiger partial charge in [0.15, 0.2) is 0 Å². The Hall–Kier alpha value is -3.69. The number of hydrogen-bond donors (Lipinski definition) is 3. The van der Waals surface area contributed by atoms with E-state index in [0.29, 0.717) is 32.2 Å². The van der Waals surface area contributed by atoms with Crippen molar-refractivity contribution < 1.29 is 28.7 Å². The predicted octanol–water partition coefficient (Wildman–Crippen LogP) is 3.32. The molecule has 10 heteroatoms. The van der Waals surface area contributed by atoms with Crippen molar-refractivity contribution >= 4 is 29.6 Å². The van der Waals surface area contributed by atoms with Gasteiger partial charge in [-0.05, 0) is 78.7 Å². The minimum Gasteiger partial charge on any atom is -0.446 e. The van der Waals surface area contributed by atoms with Crippen LogP contribution in [0, 0.1) is 29.1 Å². The molecule has 3 aliphatic carbocycles. The topological polar surface area (TPSA) is 134 Å². The number of nitrogens with one attached hydrogen (secondary N) is 3. The van der Waals surface area contributed by atoms with Crippen LogP contribution in [-0.2, 0) is 36.8 Å². The molecule has 4 amide bonds. The SMILES string of the molecule is C=CCNC(=O)C(=O)C(CCC)NC(=O)[C@@H]1[C@@H]2[C@H](CN1C(=O)[C@@H](NC(=O)OC1CCC[C@@H]1C)C1Cc3ccccc3C1)C2(C)C. The molecular weight excluding hydrogens is 572 g/mol. The predicted molar refractivity (Wildman–Crippen MR) is 169 cm³/mol. The fraction of sp³-hybridized carbons (Fsp3) is 0.629. The Bertz CT molecular complexity index is 1320. The van der Waals surface area contributed by atoms with E-state index in [1.807, 2.05) is 19.1 Å². The minimum absolute atomic E-state index is 0.0962. The quantitative estimate of drug-likeness (QED) is 0.243. The van der Waals surface area contributed by atoms with Crippen LogP contribution in [0.25, 0.3) is 0 Å². The number of Topliss-reactive ketones (excluding diaryl/α,β-unsaturated/α-hetero) is 1. The third-order valence-corrected chi connectivity index (χ3v) is 10.7. The molecule has 7 atom stereocenters. The molecule has 3 fully saturated rings. The highest BCUT2D eigenvalue weighted by Crippen LogP contribution is 2.65. The highest BCUT2D eigenvalue weighted by molar-refractivity contribution is 6.38. The first-order valence-electron chi connectivity index (χ1n) is 16.6. The van der Waals surface area contributed by atoms with Crippen LogP contribution >= 0.6 is 0 Å². The molecular formula is C35H48N4O6. The van der Waals surface area contributed by atoms with E-state index < -0.39 is 41.8 Å². The van der Waals surface area contributed by atoms with Crippen LogP contribution in [0.2, 0.25) is 0 Å². The number of alkyl carbamates (subject to hydrolysis) is 1. The second-order valence-electron chi connectivity index (χ2n) is 14.0. The Morgan fingerprint density at radius 3 is 2.38 bits per heavy atom. The molecule has 1 aromatic carbocycles. The van der Waals surface area contributed by atoms with E-state index in [1.54, 1.807) is 4.90 Å². The van der Waals surface area contributed by atoms with Crippen LogP contribution in [0.3, 0.4) is 0 Å². The van der Waals surface area contributed by atoms with Gasteiger partial charge in [0.2, 0.25) is 17.6 Å². The summed E-state index contributed by atoms with van der Waals surface area (Å²) in [6.45, 7) is 12.2. The molecule has 45 heavy (non-hydrogen) atoms. The number of rotatable bonds is 12. The van der Waals surface area contributed by atoms with E-state index in [9.17, 15) is 24.0 Å². The highest BCUT2D eigenvalue weighted by atomic mass is 16.6. The summed E-state index contributed by atoms with van der Waals surface area (Å²) in [5.74, 6) is -2.17. The number of likely N-dealkylation sites (tertiary alicyclic amines) is 1. The Labute approximate surface area is 266 Å². The van der Waals surface area contributed by atoms with E-state index in [2.05, 4.69) is 55.4 Å². The first kappa shape index (κ1) is 32.7. The first-order chi connectivity index (χ1) is 21.5. The van der Waals surface area contributed by atoms with Crippen LogP contribution in [0.15, 0.2) is 36.9 Å². The molecule has 0 aromatic heterocycles. The Kier molecular flexibility index (Phi) is 9.70. The van der Waals surface area contributed by atoms with Gasteiger partial charge in [0, 0.05) is 13.1 Å². The average Bonchev–Trinajstić information content (AvgIpc) is 3.52. The van der Waals surface area contributed by atoms with Crippen LogP contribution < -0.4 is 16.0 Å². The fourth-order valence-electron chi connectivity index (χ4n) is 8.01. The van der Waals surface area contributed by atoms with Crippen molar-refractivity contribution in [2.24, 2.45) is 29.1 Å². The monoisotopic (exact) mass is 620 g/mol. The summed E-state index contributed by atoms with van der Waals surface area (Å²) in [5.41, 5.74) is 2.14.